The normalized spacial score (nSPS) is 11.8. The topological polar surface area (TPSA) is 26.0 Å². The largest absolute Gasteiger partial charge is 0.455 e. The predicted octanol–water partition coefficient (Wildman–Crippen LogP) is 14.3. The van der Waals surface area contributed by atoms with Crippen molar-refractivity contribution in [3.63, 3.8) is 0 Å². The second-order valence-electron chi connectivity index (χ2n) is 13.8. The molecule has 0 N–H and O–H groups in total. The van der Waals surface area contributed by atoms with Gasteiger partial charge in [0, 0.05) is 33.0 Å². The van der Waals surface area contributed by atoms with Gasteiger partial charge >= 0.3 is 0 Å². The number of pyridine rings is 1. The molecule has 0 spiro atoms. The molecular formula is C51H31NO. The lowest BCUT2D eigenvalue weighted by Gasteiger charge is -2.19. The summed E-state index contributed by atoms with van der Waals surface area (Å²) < 4.78 is 6.99. The Morgan fingerprint density at radius 3 is 1.40 bits per heavy atom. The molecule has 2 aromatic heterocycles. The fourth-order valence-corrected chi connectivity index (χ4v) is 8.49. The SMILES string of the molecule is c1ccc(-c2cc(-c3c4ccccc4c(-c4cc5ccccc5c5c4oc4ccc6ccccc6c45)c4ccccc34)cc(-c3ccccc3)n2)cc1. The van der Waals surface area contributed by atoms with Gasteiger partial charge in [0.15, 0.2) is 0 Å². The van der Waals surface area contributed by atoms with Crippen LogP contribution in [-0.2, 0) is 0 Å². The molecule has 0 bridgehead atoms. The molecule has 0 amide bonds. The van der Waals surface area contributed by atoms with Crippen molar-refractivity contribution in [1.29, 1.82) is 0 Å². The minimum absolute atomic E-state index is 0.903. The van der Waals surface area contributed by atoms with Gasteiger partial charge in [0.2, 0.25) is 0 Å². The van der Waals surface area contributed by atoms with E-state index in [9.17, 15) is 0 Å². The zero-order valence-corrected chi connectivity index (χ0v) is 28.8. The van der Waals surface area contributed by atoms with Crippen LogP contribution in [0.5, 0.6) is 0 Å². The molecule has 2 heterocycles. The van der Waals surface area contributed by atoms with Crippen LogP contribution >= 0.6 is 0 Å². The summed E-state index contributed by atoms with van der Waals surface area (Å²) in [6.07, 6.45) is 0. The maximum atomic E-state index is 6.99. The Labute approximate surface area is 306 Å². The van der Waals surface area contributed by atoms with E-state index in [1.807, 2.05) is 0 Å². The smallest absolute Gasteiger partial charge is 0.143 e. The highest BCUT2D eigenvalue weighted by atomic mass is 16.3. The Bertz CT molecular complexity index is 3100. The minimum Gasteiger partial charge on any atom is -0.455 e. The van der Waals surface area contributed by atoms with Gasteiger partial charge in [0.25, 0.3) is 0 Å². The standard InChI is InChI=1S/C51H31NO/c1-3-16-33(17-4-1)44-30-36(31-45(52-44)34-18-5-2-6-19-34)47-39-23-11-13-25-41(39)48(42-26-14-12-24-40(42)47)43-29-35-20-8-10-22-38(35)50-49-37-21-9-7-15-32(37)27-28-46(49)53-51(43)50/h1-31H. The van der Waals surface area contributed by atoms with Crippen molar-refractivity contribution in [1.82, 2.24) is 4.98 Å². The van der Waals surface area contributed by atoms with Crippen molar-refractivity contribution in [2.45, 2.75) is 0 Å². The van der Waals surface area contributed by atoms with Crippen molar-refractivity contribution < 1.29 is 4.42 Å². The summed E-state index contributed by atoms with van der Waals surface area (Å²) >= 11 is 0. The monoisotopic (exact) mass is 673 g/mol. The van der Waals surface area contributed by atoms with Crippen LogP contribution in [0.4, 0.5) is 0 Å². The van der Waals surface area contributed by atoms with E-state index in [0.29, 0.717) is 0 Å². The van der Waals surface area contributed by atoms with Gasteiger partial charge in [-0.1, -0.05) is 164 Å². The highest BCUT2D eigenvalue weighted by Crippen LogP contribution is 2.49. The van der Waals surface area contributed by atoms with Crippen LogP contribution in [0, 0.1) is 0 Å². The first kappa shape index (κ1) is 29.7. The number of furan rings is 1. The highest BCUT2D eigenvalue weighted by Gasteiger charge is 2.23. The maximum Gasteiger partial charge on any atom is 0.143 e. The lowest BCUT2D eigenvalue weighted by Crippen LogP contribution is -1.94. The molecule has 246 valence electrons. The summed E-state index contributed by atoms with van der Waals surface area (Å²) in [5, 5.41) is 11.9. The van der Waals surface area contributed by atoms with Crippen LogP contribution in [0.15, 0.2) is 192 Å². The van der Waals surface area contributed by atoms with E-state index in [4.69, 9.17) is 9.40 Å². The molecule has 0 unspecified atom stereocenters. The van der Waals surface area contributed by atoms with Gasteiger partial charge in [-0.3, -0.25) is 0 Å². The van der Waals surface area contributed by atoms with Gasteiger partial charge in [-0.2, -0.15) is 0 Å². The van der Waals surface area contributed by atoms with E-state index >= 15 is 0 Å². The van der Waals surface area contributed by atoms with Crippen LogP contribution in [0.25, 0.3) is 110 Å². The number of fused-ring (bicyclic) bond motifs is 9. The molecule has 0 radical (unpaired) electrons. The Balaban J connectivity index is 1.27. The molecule has 0 saturated carbocycles. The maximum absolute atomic E-state index is 6.99. The predicted molar refractivity (Wildman–Crippen MR) is 223 cm³/mol. The lowest BCUT2D eigenvalue weighted by atomic mass is 9.84. The van der Waals surface area contributed by atoms with E-state index < -0.39 is 0 Å². The van der Waals surface area contributed by atoms with Gasteiger partial charge in [-0.15, -0.1) is 0 Å². The zero-order chi connectivity index (χ0) is 34.9. The van der Waals surface area contributed by atoms with Crippen LogP contribution in [0.2, 0.25) is 0 Å². The van der Waals surface area contributed by atoms with Crippen molar-refractivity contribution in [3.8, 4) is 44.8 Å². The first-order chi connectivity index (χ1) is 26.3. The van der Waals surface area contributed by atoms with Crippen molar-refractivity contribution in [2.24, 2.45) is 0 Å². The van der Waals surface area contributed by atoms with Gasteiger partial charge in [0.1, 0.15) is 11.2 Å². The molecule has 11 aromatic rings. The molecule has 9 aromatic carbocycles. The Morgan fingerprint density at radius 1 is 0.340 bits per heavy atom. The molecule has 2 nitrogen and oxygen atoms in total. The molecular weight excluding hydrogens is 643 g/mol. The number of hydrogen-bond donors (Lipinski definition) is 0. The molecule has 0 fully saturated rings. The van der Waals surface area contributed by atoms with Crippen molar-refractivity contribution >= 4 is 65.0 Å². The van der Waals surface area contributed by atoms with Crippen LogP contribution in [-0.4, -0.2) is 4.98 Å². The fraction of sp³-hybridized carbons (Fsp3) is 0. The third-order valence-electron chi connectivity index (χ3n) is 10.8. The summed E-state index contributed by atoms with van der Waals surface area (Å²) in [6, 6.07) is 67.2. The van der Waals surface area contributed by atoms with Gasteiger partial charge in [-0.25, -0.2) is 4.98 Å². The quantitative estimate of drug-likeness (QED) is 0.174. The van der Waals surface area contributed by atoms with E-state index in [0.717, 1.165) is 50.2 Å². The lowest BCUT2D eigenvalue weighted by molar-refractivity contribution is 0.670. The van der Waals surface area contributed by atoms with Gasteiger partial charge in [-0.05, 0) is 78.5 Å². The number of aromatic nitrogens is 1. The van der Waals surface area contributed by atoms with Crippen molar-refractivity contribution in [3.05, 3.63) is 188 Å². The van der Waals surface area contributed by atoms with E-state index in [2.05, 4.69) is 188 Å². The van der Waals surface area contributed by atoms with Crippen LogP contribution < -0.4 is 0 Å². The first-order valence-electron chi connectivity index (χ1n) is 18.1. The van der Waals surface area contributed by atoms with E-state index in [-0.39, 0.29) is 0 Å². The van der Waals surface area contributed by atoms with E-state index in [1.54, 1.807) is 0 Å². The fourth-order valence-electron chi connectivity index (χ4n) is 8.49. The summed E-state index contributed by atoms with van der Waals surface area (Å²) in [6.45, 7) is 0. The minimum atomic E-state index is 0.903. The number of rotatable bonds is 4. The number of nitrogens with zero attached hydrogens (tertiary/aromatic N) is 1. The molecule has 0 aliphatic heterocycles. The molecule has 0 aliphatic carbocycles. The Morgan fingerprint density at radius 2 is 0.811 bits per heavy atom. The number of benzene rings is 9. The molecule has 11 rings (SSSR count). The second-order valence-corrected chi connectivity index (χ2v) is 13.8. The average Bonchev–Trinajstić information content (AvgIpc) is 3.64. The first-order valence-corrected chi connectivity index (χ1v) is 18.1. The zero-order valence-electron chi connectivity index (χ0n) is 28.8. The molecule has 53 heavy (non-hydrogen) atoms. The Kier molecular flexibility index (Phi) is 6.59. The average molecular weight is 674 g/mol. The van der Waals surface area contributed by atoms with Crippen LogP contribution in [0.3, 0.4) is 0 Å². The summed E-state index contributed by atoms with van der Waals surface area (Å²) in [5.41, 5.74) is 10.5. The summed E-state index contributed by atoms with van der Waals surface area (Å²) in [4.78, 5) is 5.22. The van der Waals surface area contributed by atoms with E-state index in [1.165, 1.54) is 59.6 Å². The molecule has 0 aliphatic rings. The van der Waals surface area contributed by atoms with Gasteiger partial charge < -0.3 is 4.42 Å². The Hall–Kier alpha value is -7.03. The molecule has 0 saturated heterocycles. The summed E-state index contributed by atoms with van der Waals surface area (Å²) in [7, 11) is 0. The molecule has 2 heteroatoms. The highest BCUT2D eigenvalue weighted by molar-refractivity contribution is 6.31. The number of hydrogen-bond acceptors (Lipinski definition) is 2. The van der Waals surface area contributed by atoms with Crippen molar-refractivity contribution in [2.75, 3.05) is 0 Å². The third kappa shape index (κ3) is 4.63. The van der Waals surface area contributed by atoms with Gasteiger partial charge in [0.05, 0.1) is 11.4 Å². The second kappa shape index (κ2) is 11.8. The summed E-state index contributed by atoms with van der Waals surface area (Å²) in [5.74, 6) is 0. The van der Waals surface area contributed by atoms with Crippen LogP contribution in [0.1, 0.15) is 0 Å². The molecule has 0 atom stereocenters. The third-order valence-corrected chi connectivity index (χ3v) is 10.8.